The van der Waals surface area contributed by atoms with Crippen LogP contribution in [0, 0.1) is 5.92 Å². The Morgan fingerprint density at radius 3 is 2.71 bits per heavy atom. The minimum absolute atomic E-state index is 0.382. The first kappa shape index (κ1) is 11.2. The lowest BCUT2D eigenvalue weighted by atomic mass is 9.78. The number of pyridine rings is 1. The fourth-order valence-electron chi connectivity index (χ4n) is 4.35. The molecule has 0 aliphatic carbocycles. The van der Waals surface area contributed by atoms with Crippen molar-refractivity contribution in [3.63, 3.8) is 0 Å². The summed E-state index contributed by atoms with van der Waals surface area (Å²) < 4.78 is 2.30. The van der Waals surface area contributed by atoms with E-state index >= 15 is 0 Å². The number of hydrogen-bond acceptors (Lipinski definition) is 1. The van der Waals surface area contributed by atoms with E-state index in [1.807, 2.05) is 0 Å². The van der Waals surface area contributed by atoms with Gasteiger partial charge < -0.3 is 0 Å². The summed E-state index contributed by atoms with van der Waals surface area (Å²) in [5.74, 6) is 1.51. The molecule has 1 aromatic rings. The van der Waals surface area contributed by atoms with Crippen LogP contribution in [-0.2, 0) is 7.05 Å². The monoisotopic (exact) mass is 231 g/mol. The SMILES string of the molecule is CC1C(c2cccc[n+]2C)C2CCN1C2(C)C. The largest absolute Gasteiger partial charge is 0.294 e. The highest BCUT2D eigenvalue weighted by Gasteiger charge is 2.58. The summed E-state index contributed by atoms with van der Waals surface area (Å²) in [5.41, 5.74) is 1.88. The molecule has 92 valence electrons. The van der Waals surface area contributed by atoms with Gasteiger partial charge in [-0.1, -0.05) is 6.07 Å². The van der Waals surface area contributed by atoms with Crippen LogP contribution in [0.3, 0.4) is 0 Å². The second kappa shape index (κ2) is 3.55. The number of aromatic nitrogens is 1. The fraction of sp³-hybridized carbons (Fsp3) is 0.667. The van der Waals surface area contributed by atoms with Crippen LogP contribution in [0.1, 0.15) is 38.8 Å². The highest BCUT2D eigenvalue weighted by Crippen LogP contribution is 2.53. The molecule has 2 aliphatic heterocycles. The van der Waals surface area contributed by atoms with Gasteiger partial charge in [-0.2, -0.15) is 0 Å². The van der Waals surface area contributed by atoms with Crippen LogP contribution in [0.2, 0.25) is 0 Å². The van der Waals surface area contributed by atoms with Gasteiger partial charge in [0.2, 0.25) is 0 Å². The van der Waals surface area contributed by atoms with E-state index in [2.05, 4.69) is 61.7 Å². The number of fused-ring (bicyclic) bond motifs is 2. The van der Waals surface area contributed by atoms with Crippen molar-refractivity contribution in [2.75, 3.05) is 6.54 Å². The van der Waals surface area contributed by atoms with E-state index in [-0.39, 0.29) is 0 Å². The molecular weight excluding hydrogens is 208 g/mol. The Balaban J connectivity index is 2.04. The van der Waals surface area contributed by atoms with Crippen molar-refractivity contribution in [2.45, 2.75) is 44.7 Å². The Morgan fingerprint density at radius 1 is 1.35 bits per heavy atom. The van der Waals surface area contributed by atoms with E-state index in [0.29, 0.717) is 17.5 Å². The summed E-state index contributed by atoms with van der Waals surface area (Å²) in [6.07, 6.45) is 3.54. The molecule has 1 aromatic heterocycles. The van der Waals surface area contributed by atoms with Crippen LogP contribution in [0.15, 0.2) is 24.4 Å². The zero-order valence-corrected chi connectivity index (χ0v) is 11.4. The van der Waals surface area contributed by atoms with E-state index in [1.54, 1.807) is 0 Å². The first-order valence-corrected chi connectivity index (χ1v) is 6.75. The summed E-state index contributed by atoms with van der Waals surface area (Å²) in [7, 11) is 2.18. The van der Waals surface area contributed by atoms with Crippen LogP contribution < -0.4 is 4.57 Å². The predicted molar refractivity (Wildman–Crippen MR) is 68.7 cm³/mol. The standard InChI is InChI=1S/C15H23N2/c1-11-14(13-7-5-6-9-16(13)4)12-8-10-17(11)15(12,2)3/h5-7,9,11-12,14H,8,10H2,1-4H3/q+1. The second-order valence-corrected chi connectivity index (χ2v) is 6.25. The molecule has 3 rings (SSSR count). The molecule has 3 heterocycles. The third kappa shape index (κ3) is 1.40. The van der Waals surface area contributed by atoms with Crippen molar-refractivity contribution in [3.8, 4) is 0 Å². The molecule has 0 spiro atoms. The molecule has 2 fully saturated rings. The molecule has 0 aromatic carbocycles. The van der Waals surface area contributed by atoms with Gasteiger partial charge in [0.1, 0.15) is 7.05 Å². The third-order valence-electron chi connectivity index (χ3n) is 5.21. The molecule has 2 aliphatic rings. The number of nitrogens with zero attached hydrogens (tertiary/aromatic N) is 2. The number of rotatable bonds is 1. The smallest absolute Gasteiger partial charge is 0.186 e. The Bertz CT molecular complexity index is 438. The maximum absolute atomic E-state index is 2.70. The average molecular weight is 231 g/mol. The zero-order chi connectivity index (χ0) is 12.2. The lowest BCUT2D eigenvalue weighted by Crippen LogP contribution is -2.42. The Kier molecular flexibility index (Phi) is 2.34. The molecule has 0 saturated carbocycles. The lowest BCUT2D eigenvalue weighted by Gasteiger charge is -2.30. The van der Waals surface area contributed by atoms with Gasteiger partial charge in [-0.25, -0.2) is 4.57 Å². The Labute approximate surface area is 104 Å². The topological polar surface area (TPSA) is 7.12 Å². The minimum atomic E-state index is 0.382. The first-order chi connectivity index (χ1) is 8.03. The van der Waals surface area contributed by atoms with Gasteiger partial charge in [0, 0.05) is 23.7 Å². The van der Waals surface area contributed by atoms with Crippen LogP contribution in [0.4, 0.5) is 0 Å². The van der Waals surface area contributed by atoms with Crippen molar-refractivity contribution in [1.82, 2.24) is 4.90 Å². The van der Waals surface area contributed by atoms with E-state index in [0.717, 1.165) is 5.92 Å². The molecule has 0 radical (unpaired) electrons. The second-order valence-electron chi connectivity index (χ2n) is 6.25. The molecule has 2 heteroatoms. The minimum Gasteiger partial charge on any atom is -0.294 e. The van der Waals surface area contributed by atoms with Gasteiger partial charge in [-0.15, -0.1) is 0 Å². The van der Waals surface area contributed by atoms with Crippen LogP contribution >= 0.6 is 0 Å². The summed E-state index contributed by atoms with van der Waals surface area (Å²) in [4.78, 5) is 2.70. The molecule has 17 heavy (non-hydrogen) atoms. The molecule has 0 N–H and O–H groups in total. The van der Waals surface area contributed by atoms with E-state index in [1.165, 1.54) is 18.7 Å². The predicted octanol–water partition coefficient (Wildman–Crippen LogP) is 2.10. The molecule has 2 nitrogen and oxygen atoms in total. The van der Waals surface area contributed by atoms with Gasteiger partial charge in [-0.05, 0) is 39.7 Å². The molecular formula is C15H23N2+. The maximum Gasteiger partial charge on any atom is 0.186 e. The van der Waals surface area contributed by atoms with Crippen molar-refractivity contribution >= 4 is 0 Å². The van der Waals surface area contributed by atoms with Crippen molar-refractivity contribution < 1.29 is 4.57 Å². The number of aryl methyl sites for hydroxylation is 1. The summed E-state index contributed by atoms with van der Waals surface area (Å²) >= 11 is 0. The average Bonchev–Trinajstić information content (AvgIpc) is 2.66. The van der Waals surface area contributed by atoms with E-state index in [4.69, 9.17) is 0 Å². The van der Waals surface area contributed by atoms with Gasteiger partial charge in [0.05, 0.1) is 5.92 Å². The highest BCUT2D eigenvalue weighted by atomic mass is 15.3. The molecule has 2 saturated heterocycles. The summed E-state index contributed by atoms with van der Waals surface area (Å²) in [5, 5.41) is 0. The van der Waals surface area contributed by atoms with Gasteiger partial charge in [0.25, 0.3) is 0 Å². The molecule has 4 atom stereocenters. The van der Waals surface area contributed by atoms with Crippen molar-refractivity contribution in [2.24, 2.45) is 13.0 Å². The summed E-state index contributed by atoms with van der Waals surface area (Å²) in [6, 6.07) is 7.28. The highest BCUT2D eigenvalue weighted by molar-refractivity contribution is 5.20. The quantitative estimate of drug-likeness (QED) is 0.671. The van der Waals surface area contributed by atoms with E-state index < -0.39 is 0 Å². The maximum atomic E-state index is 2.70. The number of piperidine rings is 1. The van der Waals surface area contributed by atoms with Gasteiger partial charge >= 0.3 is 0 Å². The van der Waals surface area contributed by atoms with Crippen LogP contribution in [-0.4, -0.2) is 23.0 Å². The van der Waals surface area contributed by atoms with Crippen molar-refractivity contribution in [3.05, 3.63) is 30.1 Å². The first-order valence-electron chi connectivity index (χ1n) is 6.75. The molecule has 2 bridgehead atoms. The summed E-state index contributed by atoms with van der Waals surface area (Å²) in [6.45, 7) is 8.53. The van der Waals surface area contributed by atoms with Gasteiger partial charge in [-0.3, -0.25) is 4.90 Å². The normalized spacial score (nSPS) is 38.6. The van der Waals surface area contributed by atoms with Crippen molar-refractivity contribution in [1.29, 1.82) is 0 Å². The lowest BCUT2D eigenvalue weighted by molar-refractivity contribution is -0.681. The Hall–Kier alpha value is -0.890. The fourth-order valence-corrected chi connectivity index (χ4v) is 4.35. The Morgan fingerprint density at radius 2 is 2.12 bits per heavy atom. The zero-order valence-electron chi connectivity index (χ0n) is 11.4. The van der Waals surface area contributed by atoms with Crippen LogP contribution in [0.5, 0.6) is 0 Å². The molecule has 0 amide bonds. The third-order valence-corrected chi connectivity index (χ3v) is 5.21. The van der Waals surface area contributed by atoms with Gasteiger partial charge in [0.15, 0.2) is 11.9 Å². The van der Waals surface area contributed by atoms with E-state index in [9.17, 15) is 0 Å². The van der Waals surface area contributed by atoms with Crippen LogP contribution in [0.25, 0.3) is 0 Å². The molecule has 4 unspecified atom stereocenters. The number of hydrogen-bond donors (Lipinski definition) is 0.